The van der Waals surface area contributed by atoms with Crippen molar-refractivity contribution in [1.82, 2.24) is 5.32 Å². The first-order valence-electron chi connectivity index (χ1n) is 9.36. The predicted molar refractivity (Wildman–Crippen MR) is 108 cm³/mol. The molecule has 27 heavy (non-hydrogen) atoms. The summed E-state index contributed by atoms with van der Waals surface area (Å²) in [6.07, 6.45) is 5.54. The molecule has 2 N–H and O–H groups in total. The Morgan fingerprint density at radius 1 is 0.963 bits per heavy atom. The van der Waals surface area contributed by atoms with Crippen LogP contribution in [0.15, 0.2) is 47.4 Å². The Bertz CT molecular complexity index is 915. The predicted octanol–water partition coefficient (Wildman–Crippen LogP) is 4.17. The summed E-state index contributed by atoms with van der Waals surface area (Å²) in [5.41, 5.74) is 2.97. The van der Waals surface area contributed by atoms with E-state index in [1.165, 1.54) is 18.6 Å². The SMILES string of the molecule is Cc1ccc(NS(=O)(=O)c2ccc(C(=O)NC3CCCCC3)cc2)c(C)c1. The Morgan fingerprint density at radius 2 is 1.63 bits per heavy atom. The molecule has 0 aliphatic heterocycles. The van der Waals surface area contributed by atoms with Gasteiger partial charge in [0.2, 0.25) is 0 Å². The van der Waals surface area contributed by atoms with Crippen LogP contribution in [0.5, 0.6) is 0 Å². The molecule has 5 nitrogen and oxygen atoms in total. The van der Waals surface area contributed by atoms with Crippen LogP contribution in [-0.4, -0.2) is 20.4 Å². The average molecular weight is 387 g/mol. The first kappa shape index (κ1) is 19.4. The largest absolute Gasteiger partial charge is 0.349 e. The standard InChI is InChI=1S/C21H26N2O3S/c1-15-8-13-20(16(2)14-15)23-27(25,26)19-11-9-17(10-12-19)21(24)22-18-6-4-3-5-7-18/h8-14,18,23H,3-7H2,1-2H3,(H,22,24). The molecule has 1 fully saturated rings. The van der Waals surface area contributed by atoms with Gasteiger partial charge < -0.3 is 5.32 Å². The second-order valence-electron chi connectivity index (χ2n) is 7.26. The summed E-state index contributed by atoms with van der Waals surface area (Å²) in [7, 11) is -3.70. The summed E-state index contributed by atoms with van der Waals surface area (Å²) in [5, 5.41) is 3.04. The second kappa shape index (κ2) is 8.13. The van der Waals surface area contributed by atoms with Gasteiger partial charge in [0.15, 0.2) is 0 Å². The molecule has 0 radical (unpaired) electrons. The van der Waals surface area contributed by atoms with Crippen molar-refractivity contribution >= 4 is 21.6 Å². The molecule has 0 unspecified atom stereocenters. The van der Waals surface area contributed by atoms with Crippen LogP contribution in [0.3, 0.4) is 0 Å². The molecule has 1 amide bonds. The number of benzene rings is 2. The van der Waals surface area contributed by atoms with Crippen molar-refractivity contribution in [3.8, 4) is 0 Å². The minimum atomic E-state index is -3.70. The van der Waals surface area contributed by atoms with Crippen LogP contribution in [-0.2, 0) is 10.0 Å². The fourth-order valence-corrected chi connectivity index (χ4v) is 4.56. The summed E-state index contributed by atoms with van der Waals surface area (Å²) >= 11 is 0. The van der Waals surface area contributed by atoms with Crippen LogP contribution in [0, 0.1) is 13.8 Å². The maximum Gasteiger partial charge on any atom is 0.261 e. The molecule has 0 saturated heterocycles. The van der Waals surface area contributed by atoms with E-state index in [9.17, 15) is 13.2 Å². The lowest BCUT2D eigenvalue weighted by atomic mass is 9.95. The van der Waals surface area contributed by atoms with Crippen LogP contribution in [0.1, 0.15) is 53.6 Å². The van der Waals surface area contributed by atoms with E-state index >= 15 is 0 Å². The lowest BCUT2D eigenvalue weighted by molar-refractivity contribution is 0.0927. The van der Waals surface area contributed by atoms with Crippen LogP contribution in [0.25, 0.3) is 0 Å². The van der Waals surface area contributed by atoms with Gasteiger partial charge in [0.25, 0.3) is 15.9 Å². The van der Waals surface area contributed by atoms with Crippen molar-refractivity contribution in [2.75, 3.05) is 4.72 Å². The molecular weight excluding hydrogens is 360 g/mol. The highest BCUT2D eigenvalue weighted by molar-refractivity contribution is 7.92. The highest BCUT2D eigenvalue weighted by Crippen LogP contribution is 2.21. The molecule has 0 bridgehead atoms. The van der Waals surface area contributed by atoms with Gasteiger partial charge in [-0.1, -0.05) is 37.0 Å². The number of sulfonamides is 1. The van der Waals surface area contributed by atoms with Gasteiger partial charge in [-0.25, -0.2) is 8.42 Å². The van der Waals surface area contributed by atoms with Crippen LogP contribution in [0.4, 0.5) is 5.69 Å². The number of carbonyl (C=O) groups excluding carboxylic acids is 1. The lowest BCUT2D eigenvalue weighted by Gasteiger charge is -2.22. The molecule has 1 saturated carbocycles. The minimum Gasteiger partial charge on any atom is -0.349 e. The van der Waals surface area contributed by atoms with Gasteiger partial charge in [0.05, 0.1) is 10.6 Å². The zero-order valence-electron chi connectivity index (χ0n) is 15.8. The normalized spacial score (nSPS) is 15.3. The van der Waals surface area contributed by atoms with Gasteiger partial charge >= 0.3 is 0 Å². The molecule has 1 aliphatic carbocycles. The summed E-state index contributed by atoms with van der Waals surface area (Å²) in [5.74, 6) is -0.145. The fourth-order valence-electron chi connectivity index (χ4n) is 3.43. The van der Waals surface area contributed by atoms with Gasteiger partial charge in [0, 0.05) is 11.6 Å². The number of aryl methyl sites for hydroxylation is 2. The zero-order valence-corrected chi connectivity index (χ0v) is 16.6. The Balaban J connectivity index is 1.70. The molecule has 0 aromatic heterocycles. The fraction of sp³-hybridized carbons (Fsp3) is 0.381. The summed E-state index contributed by atoms with van der Waals surface area (Å²) < 4.78 is 27.9. The first-order valence-corrected chi connectivity index (χ1v) is 10.8. The van der Waals surface area contributed by atoms with Crippen molar-refractivity contribution in [1.29, 1.82) is 0 Å². The number of hydrogen-bond donors (Lipinski definition) is 2. The van der Waals surface area contributed by atoms with Crippen LogP contribution < -0.4 is 10.0 Å². The molecule has 3 rings (SSSR count). The summed E-state index contributed by atoms with van der Waals surface area (Å²) in [4.78, 5) is 12.5. The van der Waals surface area contributed by atoms with Gasteiger partial charge in [-0.3, -0.25) is 9.52 Å². The molecule has 0 spiro atoms. The number of amides is 1. The molecule has 6 heteroatoms. The smallest absolute Gasteiger partial charge is 0.261 e. The first-order chi connectivity index (χ1) is 12.8. The molecule has 2 aromatic carbocycles. The maximum atomic E-state index is 12.6. The molecule has 144 valence electrons. The number of anilines is 1. The third kappa shape index (κ3) is 4.89. The second-order valence-corrected chi connectivity index (χ2v) is 8.94. The third-order valence-electron chi connectivity index (χ3n) is 4.99. The highest BCUT2D eigenvalue weighted by Gasteiger charge is 2.19. The van der Waals surface area contributed by atoms with Crippen molar-refractivity contribution in [3.63, 3.8) is 0 Å². The van der Waals surface area contributed by atoms with Gasteiger partial charge in [-0.15, -0.1) is 0 Å². The highest BCUT2D eigenvalue weighted by atomic mass is 32.2. The van der Waals surface area contributed by atoms with E-state index in [0.29, 0.717) is 11.3 Å². The molecule has 1 aliphatic rings. The van der Waals surface area contributed by atoms with E-state index in [2.05, 4.69) is 10.0 Å². The van der Waals surface area contributed by atoms with E-state index in [4.69, 9.17) is 0 Å². The number of nitrogens with one attached hydrogen (secondary N) is 2. The third-order valence-corrected chi connectivity index (χ3v) is 6.37. The van der Waals surface area contributed by atoms with Crippen molar-refractivity contribution in [2.24, 2.45) is 0 Å². The quantitative estimate of drug-likeness (QED) is 0.810. The summed E-state index contributed by atoms with van der Waals surface area (Å²) in [6, 6.07) is 11.8. The van der Waals surface area contributed by atoms with Crippen molar-refractivity contribution in [3.05, 3.63) is 59.2 Å². The minimum absolute atomic E-state index is 0.136. The number of carbonyl (C=O) groups is 1. The van der Waals surface area contributed by atoms with Crippen molar-refractivity contribution in [2.45, 2.75) is 56.9 Å². The topological polar surface area (TPSA) is 75.3 Å². The molecular formula is C21H26N2O3S. The van der Waals surface area contributed by atoms with Gasteiger partial charge in [-0.05, 0) is 62.6 Å². The zero-order chi connectivity index (χ0) is 19.4. The Kier molecular flexibility index (Phi) is 5.85. The van der Waals surface area contributed by atoms with E-state index in [1.807, 2.05) is 26.0 Å². The van der Waals surface area contributed by atoms with E-state index in [-0.39, 0.29) is 16.8 Å². The van der Waals surface area contributed by atoms with Gasteiger partial charge in [-0.2, -0.15) is 0 Å². The number of hydrogen-bond acceptors (Lipinski definition) is 3. The Hall–Kier alpha value is -2.34. The van der Waals surface area contributed by atoms with Crippen molar-refractivity contribution < 1.29 is 13.2 Å². The van der Waals surface area contributed by atoms with E-state index in [1.54, 1.807) is 18.2 Å². The molecule has 2 aromatic rings. The lowest BCUT2D eigenvalue weighted by Crippen LogP contribution is -2.36. The van der Waals surface area contributed by atoms with Crippen LogP contribution >= 0.6 is 0 Å². The summed E-state index contributed by atoms with van der Waals surface area (Å²) in [6.45, 7) is 3.83. The number of rotatable bonds is 5. The van der Waals surface area contributed by atoms with Crippen LogP contribution in [0.2, 0.25) is 0 Å². The van der Waals surface area contributed by atoms with Gasteiger partial charge in [0.1, 0.15) is 0 Å². The maximum absolute atomic E-state index is 12.6. The molecule has 0 atom stereocenters. The monoisotopic (exact) mass is 386 g/mol. The Labute approximate surface area is 161 Å². The van der Waals surface area contributed by atoms with E-state index in [0.717, 1.165) is 36.8 Å². The van der Waals surface area contributed by atoms with E-state index < -0.39 is 10.0 Å². The molecule has 0 heterocycles. The Morgan fingerprint density at radius 3 is 2.26 bits per heavy atom. The average Bonchev–Trinajstić information content (AvgIpc) is 2.65.